The number of aromatic nitrogens is 1. The van der Waals surface area contributed by atoms with E-state index >= 15 is 0 Å². The normalized spacial score (nSPS) is 15.5. The predicted molar refractivity (Wildman–Crippen MR) is 89.2 cm³/mol. The monoisotopic (exact) mass is 309 g/mol. The minimum atomic E-state index is 0.179. The lowest BCUT2D eigenvalue weighted by molar-refractivity contribution is 0.114. The first-order valence-corrected chi connectivity index (χ1v) is 8.13. The SMILES string of the molecule is COC(C)Cc1cnc(CCC(C)CO)cc1CC(C)OC. The first kappa shape index (κ1) is 19.1. The van der Waals surface area contributed by atoms with Crippen molar-refractivity contribution >= 4 is 0 Å². The number of hydrogen-bond acceptors (Lipinski definition) is 4. The maximum absolute atomic E-state index is 9.14. The van der Waals surface area contributed by atoms with Crippen molar-refractivity contribution in [2.75, 3.05) is 20.8 Å². The van der Waals surface area contributed by atoms with Crippen molar-refractivity contribution in [2.45, 2.75) is 58.7 Å². The molecule has 0 saturated carbocycles. The quantitative estimate of drug-likeness (QED) is 0.722. The van der Waals surface area contributed by atoms with Crippen molar-refractivity contribution in [1.29, 1.82) is 0 Å². The van der Waals surface area contributed by atoms with Crippen molar-refractivity contribution in [3.05, 3.63) is 29.1 Å². The predicted octanol–water partition coefficient (Wildman–Crippen LogP) is 2.80. The molecule has 1 N–H and O–H groups in total. The molecule has 1 rings (SSSR count). The van der Waals surface area contributed by atoms with Gasteiger partial charge in [-0.25, -0.2) is 0 Å². The fraction of sp³-hybridized carbons (Fsp3) is 0.722. The molecule has 4 nitrogen and oxygen atoms in total. The standard InChI is InChI=1S/C18H31NO3/c1-13(12-20)6-7-18-10-16(8-14(2)21-4)17(11-19-18)9-15(3)22-5/h10-11,13-15,20H,6-9,12H2,1-5H3. The summed E-state index contributed by atoms with van der Waals surface area (Å²) in [5, 5.41) is 9.14. The lowest BCUT2D eigenvalue weighted by Crippen LogP contribution is -2.15. The molecule has 3 atom stereocenters. The van der Waals surface area contributed by atoms with E-state index in [0.717, 1.165) is 31.4 Å². The Balaban J connectivity index is 2.87. The van der Waals surface area contributed by atoms with E-state index in [1.165, 1.54) is 11.1 Å². The Kier molecular flexibility index (Phi) is 8.61. The number of aryl methyl sites for hydroxylation is 1. The van der Waals surface area contributed by atoms with Gasteiger partial charge in [0, 0.05) is 39.1 Å². The Hall–Kier alpha value is -0.970. The van der Waals surface area contributed by atoms with Crippen LogP contribution in [-0.2, 0) is 28.7 Å². The van der Waals surface area contributed by atoms with E-state index in [4.69, 9.17) is 14.6 Å². The molecule has 0 fully saturated rings. The Morgan fingerprint density at radius 3 is 2.18 bits per heavy atom. The molecule has 0 radical (unpaired) electrons. The highest BCUT2D eigenvalue weighted by molar-refractivity contribution is 5.28. The molecule has 1 aromatic heterocycles. The van der Waals surface area contributed by atoms with Gasteiger partial charge in [0.15, 0.2) is 0 Å². The third-order valence-electron chi connectivity index (χ3n) is 4.16. The van der Waals surface area contributed by atoms with E-state index in [0.29, 0.717) is 5.92 Å². The average molecular weight is 309 g/mol. The van der Waals surface area contributed by atoms with Crippen LogP contribution in [0.3, 0.4) is 0 Å². The fourth-order valence-electron chi connectivity index (χ4n) is 2.36. The summed E-state index contributed by atoms with van der Waals surface area (Å²) in [6.07, 6.45) is 5.94. The summed E-state index contributed by atoms with van der Waals surface area (Å²) in [4.78, 5) is 4.59. The lowest BCUT2D eigenvalue weighted by atomic mass is 9.97. The van der Waals surface area contributed by atoms with Crippen LogP contribution in [0, 0.1) is 5.92 Å². The second kappa shape index (κ2) is 9.93. The third-order valence-corrected chi connectivity index (χ3v) is 4.16. The zero-order valence-corrected chi connectivity index (χ0v) is 14.6. The number of nitrogens with zero attached hydrogens (tertiary/aromatic N) is 1. The topological polar surface area (TPSA) is 51.6 Å². The summed E-state index contributed by atoms with van der Waals surface area (Å²) in [5.41, 5.74) is 3.62. The van der Waals surface area contributed by atoms with E-state index in [9.17, 15) is 0 Å². The maximum Gasteiger partial charge on any atom is 0.0584 e. The van der Waals surface area contributed by atoms with Crippen LogP contribution >= 0.6 is 0 Å². The maximum atomic E-state index is 9.14. The summed E-state index contributed by atoms with van der Waals surface area (Å²) in [7, 11) is 3.48. The van der Waals surface area contributed by atoms with Crippen LogP contribution in [0.25, 0.3) is 0 Å². The van der Waals surface area contributed by atoms with Crippen LogP contribution in [0.5, 0.6) is 0 Å². The third kappa shape index (κ3) is 6.42. The molecule has 0 spiro atoms. The van der Waals surface area contributed by atoms with Gasteiger partial charge in [0.05, 0.1) is 12.2 Å². The van der Waals surface area contributed by atoms with Crippen LogP contribution in [0.1, 0.15) is 44.0 Å². The zero-order chi connectivity index (χ0) is 16.5. The molecule has 0 saturated heterocycles. The van der Waals surface area contributed by atoms with Crippen LogP contribution in [0.4, 0.5) is 0 Å². The highest BCUT2D eigenvalue weighted by atomic mass is 16.5. The van der Waals surface area contributed by atoms with Gasteiger partial charge in [0.1, 0.15) is 0 Å². The van der Waals surface area contributed by atoms with Crippen molar-refractivity contribution < 1.29 is 14.6 Å². The van der Waals surface area contributed by atoms with Crippen LogP contribution in [-0.4, -0.2) is 43.1 Å². The molecule has 22 heavy (non-hydrogen) atoms. The van der Waals surface area contributed by atoms with Gasteiger partial charge in [-0.2, -0.15) is 0 Å². The van der Waals surface area contributed by atoms with Gasteiger partial charge >= 0.3 is 0 Å². The molecule has 0 aromatic carbocycles. The molecule has 1 aromatic rings. The molecule has 1 heterocycles. The first-order chi connectivity index (χ1) is 10.5. The van der Waals surface area contributed by atoms with Gasteiger partial charge < -0.3 is 14.6 Å². The number of hydrogen-bond donors (Lipinski definition) is 1. The van der Waals surface area contributed by atoms with E-state index in [2.05, 4.69) is 31.8 Å². The van der Waals surface area contributed by atoms with E-state index < -0.39 is 0 Å². The minimum absolute atomic E-state index is 0.179. The van der Waals surface area contributed by atoms with E-state index in [1.54, 1.807) is 14.2 Å². The number of methoxy groups -OCH3 is 2. The number of ether oxygens (including phenoxy) is 2. The summed E-state index contributed by atoms with van der Waals surface area (Å²) in [6.45, 7) is 6.44. The number of rotatable bonds is 10. The van der Waals surface area contributed by atoms with Gasteiger partial charge in [-0.1, -0.05) is 6.92 Å². The first-order valence-electron chi connectivity index (χ1n) is 8.13. The van der Waals surface area contributed by atoms with Crippen LogP contribution < -0.4 is 0 Å². The molecule has 0 bridgehead atoms. The molecule has 3 unspecified atom stereocenters. The lowest BCUT2D eigenvalue weighted by Gasteiger charge is -2.17. The van der Waals surface area contributed by atoms with Crippen LogP contribution in [0.15, 0.2) is 12.3 Å². The van der Waals surface area contributed by atoms with Crippen molar-refractivity contribution in [2.24, 2.45) is 5.92 Å². The number of aliphatic hydroxyl groups is 1. The Morgan fingerprint density at radius 1 is 1.05 bits per heavy atom. The molecular formula is C18H31NO3. The van der Waals surface area contributed by atoms with Crippen LogP contribution in [0.2, 0.25) is 0 Å². The van der Waals surface area contributed by atoms with Gasteiger partial charge in [0.2, 0.25) is 0 Å². The highest BCUT2D eigenvalue weighted by Crippen LogP contribution is 2.18. The second-order valence-electron chi connectivity index (χ2n) is 6.27. The van der Waals surface area contributed by atoms with Crippen molar-refractivity contribution in [3.8, 4) is 0 Å². The van der Waals surface area contributed by atoms with Crippen molar-refractivity contribution in [3.63, 3.8) is 0 Å². The Bertz CT molecular complexity index is 436. The molecule has 0 aliphatic rings. The summed E-state index contributed by atoms with van der Waals surface area (Å²) >= 11 is 0. The summed E-state index contributed by atoms with van der Waals surface area (Å²) < 4.78 is 10.8. The van der Waals surface area contributed by atoms with Gasteiger partial charge in [0.25, 0.3) is 0 Å². The van der Waals surface area contributed by atoms with E-state index in [1.807, 2.05) is 6.20 Å². The Morgan fingerprint density at radius 2 is 1.64 bits per heavy atom. The summed E-state index contributed by atoms with van der Waals surface area (Å²) in [6, 6.07) is 2.19. The highest BCUT2D eigenvalue weighted by Gasteiger charge is 2.12. The molecule has 0 aliphatic carbocycles. The molecule has 0 aliphatic heterocycles. The molecule has 4 heteroatoms. The van der Waals surface area contributed by atoms with Crippen molar-refractivity contribution in [1.82, 2.24) is 4.98 Å². The average Bonchev–Trinajstić information content (AvgIpc) is 2.54. The molecule has 0 amide bonds. The number of pyridine rings is 1. The van der Waals surface area contributed by atoms with E-state index in [-0.39, 0.29) is 18.8 Å². The Labute approximate surface area is 134 Å². The second-order valence-corrected chi connectivity index (χ2v) is 6.27. The zero-order valence-electron chi connectivity index (χ0n) is 14.6. The largest absolute Gasteiger partial charge is 0.396 e. The van der Waals surface area contributed by atoms with Gasteiger partial charge in [-0.3, -0.25) is 4.98 Å². The minimum Gasteiger partial charge on any atom is -0.396 e. The summed E-state index contributed by atoms with van der Waals surface area (Å²) in [5.74, 6) is 0.316. The molecule has 126 valence electrons. The molecular weight excluding hydrogens is 278 g/mol. The van der Waals surface area contributed by atoms with Gasteiger partial charge in [-0.05, 0) is 56.2 Å². The smallest absolute Gasteiger partial charge is 0.0584 e. The number of aliphatic hydroxyl groups excluding tert-OH is 1. The van der Waals surface area contributed by atoms with Gasteiger partial charge in [-0.15, -0.1) is 0 Å². The fourth-order valence-corrected chi connectivity index (χ4v) is 2.36.